The lowest BCUT2D eigenvalue weighted by molar-refractivity contribution is -0.111. The number of nitrogens with one attached hydrogen (secondary N) is 1. The number of amides is 1. The highest BCUT2D eigenvalue weighted by atomic mass is 35.5. The SMILES string of the molecule is CCOC(=O)c1c(NC(=O)C=Cc2cccc(Cl)c2)sc(C(=O)OC(C)C)c1C. The van der Waals surface area contributed by atoms with E-state index in [1.54, 1.807) is 58.0 Å². The van der Waals surface area contributed by atoms with E-state index in [9.17, 15) is 14.4 Å². The molecule has 0 unspecified atom stereocenters. The van der Waals surface area contributed by atoms with Gasteiger partial charge in [0.1, 0.15) is 9.88 Å². The smallest absolute Gasteiger partial charge is 0.348 e. The molecule has 0 saturated carbocycles. The Morgan fingerprint density at radius 1 is 1.24 bits per heavy atom. The standard InChI is InChI=1S/C21H22ClNO5S/c1-5-27-20(25)17-13(4)18(21(26)28-12(2)3)29-19(17)23-16(24)10-9-14-7-6-8-15(22)11-14/h6-12H,5H2,1-4H3,(H,23,24). The second-order valence-corrected chi connectivity index (χ2v) is 7.77. The maximum atomic E-state index is 12.4. The summed E-state index contributed by atoms with van der Waals surface area (Å²) in [5, 5.41) is 3.44. The van der Waals surface area contributed by atoms with E-state index in [0.717, 1.165) is 16.9 Å². The largest absolute Gasteiger partial charge is 0.462 e. The van der Waals surface area contributed by atoms with Gasteiger partial charge in [0.15, 0.2) is 0 Å². The Morgan fingerprint density at radius 2 is 1.97 bits per heavy atom. The van der Waals surface area contributed by atoms with Crippen LogP contribution >= 0.6 is 22.9 Å². The molecule has 0 aliphatic carbocycles. The van der Waals surface area contributed by atoms with Crippen molar-refractivity contribution in [3.63, 3.8) is 0 Å². The molecule has 1 aromatic heterocycles. The number of halogens is 1. The van der Waals surface area contributed by atoms with Crippen molar-refractivity contribution in [2.24, 2.45) is 0 Å². The van der Waals surface area contributed by atoms with Gasteiger partial charge in [-0.25, -0.2) is 9.59 Å². The van der Waals surface area contributed by atoms with E-state index >= 15 is 0 Å². The summed E-state index contributed by atoms with van der Waals surface area (Å²) in [6.07, 6.45) is 2.61. The van der Waals surface area contributed by atoms with Crippen LogP contribution in [-0.4, -0.2) is 30.6 Å². The van der Waals surface area contributed by atoms with Gasteiger partial charge >= 0.3 is 11.9 Å². The molecule has 1 N–H and O–H groups in total. The summed E-state index contributed by atoms with van der Waals surface area (Å²) >= 11 is 6.91. The number of rotatable bonds is 7. The second kappa shape index (κ2) is 10.2. The summed E-state index contributed by atoms with van der Waals surface area (Å²) in [6.45, 7) is 6.94. The van der Waals surface area contributed by atoms with Gasteiger partial charge in [-0.2, -0.15) is 0 Å². The molecule has 0 atom stereocenters. The minimum absolute atomic E-state index is 0.150. The van der Waals surface area contributed by atoms with Crippen LogP contribution in [-0.2, 0) is 14.3 Å². The normalized spacial score (nSPS) is 11.0. The Hall–Kier alpha value is -2.64. The van der Waals surface area contributed by atoms with Crippen molar-refractivity contribution in [2.75, 3.05) is 11.9 Å². The molecular weight excluding hydrogens is 414 g/mol. The van der Waals surface area contributed by atoms with E-state index in [-0.39, 0.29) is 28.2 Å². The van der Waals surface area contributed by atoms with E-state index in [1.807, 2.05) is 0 Å². The molecule has 0 saturated heterocycles. The number of ether oxygens (including phenoxy) is 2. The second-order valence-electron chi connectivity index (χ2n) is 6.31. The Labute approximate surface area is 178 Å². The van der Waals surface area contributed by atoms with E-state index in [1.165, 1.54) is 6.08 Å². The summed E-state index contributed by atoms with van der Waals surface area (Å²) in [5.74, 6) is -1.62. The van der Waals surface area contributed by atoms with Crippen molar-refractivity contribution in [2.45, 2.75) is 33.8 Å². The Bertz CT molecular complexity index is 949. The summed E-state index contributed by atoms with van der Waals surface area (Å²) in [6, 6.07) is 7.02. The zero-order valence-electron chi connectivity index (χ0n) is 16.6. The lowest BCUT2D eigenvalue weighted by atomic mass is 10.1. The summed E-state index contributed by atoms with van der Waals surface area (Å²) in [4.78, 5) is 37.4. The number of hydrogen-bond donors (Lipinski definition) is 1. The summed E-state index contributed by atoms with van der Waals surface area (Å²) in [5.41, 5.74) is 1.31. The predicted octanol–water partition coefficient (Wildman–Crippen LogP) is 5.10. The van der Waals surface area contributed by atoms with Crippen molar-refractivity contribution in [3.05, 3.63) is 56.9 Å². The summed E-state index contributed by atoms with van der Waals surface area (Å²) < 4.78 is 10.3. The van der Waals surface area contributed by atoms with Gasteiger partial charge in [-0.15, -0.1) is 11.3 Å². The molecule has 1 heterocycles. The van der Waals surface area contributed by atoms with E-state index in [4.69, 9.17) is 21.1 Å². The van der Waals surface area contributed by atoms with Crippen molar-refractivity contribution in [1.29, 1.82) is 0 Å². The first kappa shape index (κ1) is 22.6. The van der Waals surface area contributed by atoms with Gasteiger partial charge in [-0.05, 0) is 57.0 Å². The number of thiophene rings is 1. The molecule has 2 aromatic rings. The fourth-order valence-electron chi connectivity index (χ4n) is 2.45. The molecule has 29 heavy (non-hydrogen) atoms. The Morgan fingerprint density at radius 3 is 2.59 bits per heavy atom. The third-order valence-electron chi connectivity index (χ3n) is 3.67. The highest BCUT2D eigenvalue weighted by Crippen LogP contribution is 2.34. The van der Waals surface area contributed by atoms with Gasteiger partial charge in [0.2, 0.25) is 5.91 Å². The first-order valence-corrected chi connectivity index (χ1v) is 10.2. The molecule has 1 aromatic carbocycles. The molecule has 0 spiro atoms. The Kier molecular flexibility index (Phi) is 7.99. The molecule has 0 aliphatic heterocycles. The number of benzene rings is 1. The lowest BCUT2D eigenvalue weighted by Gasteiger charge is -2.07. The number of esters is 2. The highest BCUT2D eigenvalue weighted by Gasteiger charge is 2.27. The highest BCUT2D eigenvalue weighted by molar-refractivity contribution is 7.18. The van der Waals surface area contributed by atoms with Crippen LogP contribution < -0.4 is 5.32 Å². The molecular formula is C21H22ClNO5S. The molecule has 154 valence electrons. The van der Waals surface area contributed by atoms with E-state index in [2.05, 4.69) is 5.32 Å². The number of carbonyl (C=O) groups is 3. The van der Waals surface area contributed by atoms with Crippen molar-refractivity contribution in [1.82, 2.24) is 0 Å². The molecule has 0 aliphatic rings. The molecule has 1 amide bonds. The molecule has 2 rings (SSSR count). The van der Waals surface area contributed by atoms with Crippen LogP contribution in [0.4, 0.5) is 5.00 Å². The number of hydrogen-bond acceptors (Lipinski definition) is 6. The van der Waals surface area contributed by atoms with Crippen LogP contribution in [0.5, 0.6) is 0 Å². The molecule has 0 fully saturated rings. The minimum Gasteiger partial charge on any atom is -0.462 e. The first-order valence-electron chi connectivity index (χ1n) is 8.99. The van der Waals surface area contributed by atoms with Gasteiger partial charge in [0.05, 0.1) is 18.3 Å². The quantitative estimate of drug-likeness (QED) is 0.483. The summed E-state index contributed by atoms with van der Waals surface area (Å²) in [7, 11) is 0. The van der Waals surface area contributed by atoms with Crippen molar-refractivity contribution < 1.29 is 23.9 Å². The maximum absolute atomic E-state index is 12.4. The average molecular weight is 436 g/mol. The van der Waals surface area contributed by atoms with Crippen LogP contribution in [0.25, 0.3) is 6.08 Å². The molecule has 8 heteroatoms. The van der Waals surface area contributed by atoms with Crippen molar-refractivity contribution >= 4 is 51.9 Å². The zero-order chi connectivity index (χ0) is 21.6. The average Bonchev–Trinajstić information content (AvgIpc) is 2.96. The van der Waals surface area contributed by atoms with E-state index in [0.29, 0.717) is 10.6 Å². The van der Waals surface area contributed by atoms with E-state index < -0.39 is 17.8 Å². The number of anilines is 1. The maximum Gasteiger partial charge on any atom is 0.348 e. The van der Waals surface area contributed by atoms with Crippen LogP contribution in [0, 0.1) is 6.92 Å². The third-order valence-corrected chi connectivity index (χ3v) is 5.09. The van der Waals surface area contributed by atoms with Crippen LogP contribution in [0.15, 0.2) is 30.3 Å². The Balaban J connectivity index is 2.30. The van der Waals surface area contributed by atoms with Crippen LogP contribution in [0.2, 0.25) is 5.02 Å². The predicted molar refractivity (Wildman–Crippen MR) is 115 cm³/mol. The molecule has 0 radical (unpaired) electrons. The van der Waals surface area contributed by atoms with Crippen LogP contribution in [0.3, 0.4) is 0 Å². The van der Waals surface area contributed by atoms with Gasteiger partial charge in [0.25, 0.3) is 0 Å². The minimum atomic E-state index is -0.612. The zero-order valence-corrected chi connectivity index (χ0v) is 18.1. The monoisotopic (exact) mass is 435 g/mol. The fourth-order valence-corrected chi connectivity index (χ4v) is 3.73. The molecule has 6 nitrogen and oxygen atoms in total. The van der Waals surface area contributed by atoms with Gasteiger partial charge < -0.3 is 14.8 Å². The van der Waals surface area contributed by atoms with Gasteiger partial charge in [-0.1, -0.05) is 23.7 Å². The van der Waals surface area contributed by atoms with Gasteiger partial charge in [-0.3, -0.25) is 4.79 Å². The molecule has 0 bridgehead atoms. The first-order chi connectivity index (χ1) is 13.7. The third kappa shape index (κ3) is 6.17. The fraction of sp³-hybridized carbons (Fsp3) is 0.286. The van der Waals surface area contributed by atoms with Gasteiger partial charge in [0, 0.05) is 11.1 Å². The number of carbonyl (C=O) groups excluding carboxylic acids is 3. The lowest BCUT2D eigenvalue weighted by Crippen LogP contribution is -2.13. The topological polar surface area (TPSA) is 81.7 Å². The van der Waals surface area contributed by atoms with Crippen molar-refractivity contribution in [3.8, 4) is 0 Å². The van der Waals surface area contributed by atoms with Crippen LogP contribution in [0.1, 0.15) is 51.9 Å².